The predicted molar refractivity (Wildman–Crippen MR) is 132 cm³/mol. The minimum Gasteiger partial charge on any atom is -0.480 e. The minimum atomic E-state index is -0.904. The Labute approximate surface area is 208 Å². The number of nitrogens with one attached hydrogen (secondary N) is 1. The summed E-state index contributed by atoms with van der Waals surface area (Å²) in [6.45, 7) is 4.27. The highest BCUT2D eigenvalue weighted by molar-refractivity contribution is 6.30. The average molecular weight is 499 g/mol. The van der Waals surface area contributed by atoms with Crippen molar-refractivity contribution in [2.45, 2.75) is 44.9 Å². The van der Waals surface area contributed by atoms with Crippen LogP contribution in [-0.2, 0) is 17.9 Å². The third kappa shape index (κ3) is 6.90. The molecule has 7 nitrogen and oxygen atoms in total. The first-order chi connectivity index (χ1) is 16.9. The highest BCUT2D eigenvalue weighted by atomic mass is 35.5. The maximum atomic E-state index is 14.0. The van der Waals surface area contributed by atoms with Crippen LogP contribution in [0.15, 0.2) is 54.7 Å². The van der Waals surface area contributed by atoms with Crippen molar-refractivity contribution in [3.8, 4) is 5.88 Å². The fraction of sp³-hybridized carbons (Fsp3) is 0.346. The van der Waals surface area contributed by atoms with Gasteiger partial charge in [-0.1, -0.05) is 23.7 Å². The lowest BCUT2D eigenvalue weighted by molar-refractivity contribution is -0.137. The summed E-state index contributed by atoms with van der Waals surface area (Å²) in [7, 11) is 0. The second-order valence-electron chi connectivity index (χ2n) is 8.72. The van der Waals surface area contributed by atoms with E-state index in [1.807, 2.05) is 24.3 Å². The number of carbonyl (C=O) groups is 1. The van der Waals surface area contributed by atoms with Gasteiger partial charge < -0.3 is 15.2 Å². The van der Waals surface area contributed by atoms with E-state index in [0.29, 0.717) is 28.1 Å². The van der Waals surface area contributed by atoms with Crippen molar-refractivity contribution in [2.75, 3.05) is 18.4 Å². The molecule has 0 amide bonds. The third-order valence-corrected chi connectivity index (χ3v) is 6.34. The monoisotopic (exact) mass is 498 g/mol. The highest BCUT2D eigenvalue weighted by Crippen LogP contribution is 2.29. The molecule has 35 heavy (non-hydrogen) atoms. The molecule has 2 aromatic heterocycles. The standard InChI is InChI=1S/C26H28ClFN4O3/c1-17(26(33)34)30-21-7-8-22(29-14-21)15-32-11-9-18(10-12-32)24-3-2-4-25(31-24)35-16-19-5-6-20(27)13-23(19)28/h2-8,13-14,17-18,30H,9-12,15-16H2,1H3,(H,33,34). The Hall–Kier alpha value is -3.23. The van der Waals surface area contributed by atoms with Gasteiger partial charge in [-0.05, 0) is 63.2 Å². The Kier molecular flexibility index (Phi) is 8.15. The van der Waals surface area contributed by atoms with Gasteiger partial charge in [-0.3, -0.25) is 14.7 Å². The molecule has 184 valence electrons. The van der Waals surface area contributed by atoms with E-state index >= 15 is 0 Å². The van der Waals surface area contributed by atoms with Crippen LogP contribution in [-0.4, -0.2) is 45.1 Å². The normalized spacial score (nSPS) is 15.5. The molecule has 3 aromatic rings. The molecular weight excluding hydrogens is 471 g/mol. The Morgan fingerprint density at radius 3 is 2.74 bits per heavy atom. The summed E-state index contributed by atoms with van der Waals surface area (Å²) in [5.74, 6) is -0.483. The Morgan fingerprint density at radius 2 is 2.06 bits per heavy atom. The van der Waals surface area contributed by atoms with Gasteiger partial charge in [0.2, 0.25) is 5.88 Å². The molecule has 1 saturated heterocycles. The van der Waals surface area contributed by atoms with E-state index < -0.39 is 17.8 Å². The topological polar surface area (TPSA) is 87.6 Å². The van der Waals surface area contributed by atoms with E-state index in [2.05, 4.69) is 20.2 Å². The molecule has 0 aliphatic carbocycles. The number of aliphatic carboxylic acids is 1. The van der Waals surface area contributed by atoms with Crippen LogP contribution in [0.1, 0.15) is 42.6 Å². The van der Waals surface area contributed by atoms with Crippen LogP contribution in [0.3, 0.4) is 0 Å². The van der Waals surface area contributed by atoms with Gasteiger partial charge in [-0.25, -0.2) is 9.37 Å². The van der Waals surface area contributed by atoms with E-state index in [1.165, 1.54) is 6.07 Å². The number of piperidine rings is 1. The number of nitrogens with zero attached hydrogens (tertiary/aromatic N) is 3. The van der Waals surface area contributed by atoms with Crippen LogP contribution in [0, 0.1) is 5.82 Å². The van der Waals surface area contributed by atoms with Gasteiger partial charge >= 0.3 is 5.97 Å². The summed E-state index contributed by atoms with van der Waals surface area (Å²) in [6.07, 6.45) is 3.61. The predicted octanol–water partition coefficient (Wildman–Crippen LogP) is 5.11. The molecular formula is C26H28ClFN4O3. The third-order valence-electron chi connectivity index (χ3n) is 6.11. The number of aromatic nitrogens is 2. The molecule has 1 fully saturated rings. The van der Waals surface area contributed by atoms with Crippen LogP contribution in [0.25, 0.3) is 0 Å². The number of carboxylic acid groups (broad SMARTS) is 1. The summed E-state index contributed by atoms with van der Waals surface area (Å²) in [6, 6.07) is 13.4. The van der Waals surface area contributed by atoms with Crippen molar-refractivity contribution < 1.29 is 19.0 Å². The van der Waals surface area contributed by atoms with Crippen LogP contribution in [0.2, 0.25) is 5.02 Å². The minimum absolute atomic E-state index is 0.0917. The number of likely N-dealkylation sites (tertiary alicyclic amines) is 1. The number of ether oxygens (including phenoxy) is 1. The number of hydrogen-bond acceptors (Lipinski definition) is 6. The largest absolute Gasteiger partial charge is 0.480 e. The zero-order valence-corrected chi connectivity index (χ0v) is 20.2. The smallest absolute Gasteiger partial charge is 0.325 e. The molecule has 0 bridgehead atoms. The van der Waals surface area contributed by atoms with Crippen LogP contribution < -0.4 is 10.1 Å². The molecule has 0 radical (unpaired) electrons. The number of halogens is 2. The summed E-state index contributed by atoms with van der Waals surface area (Å²) in [5.41, 5.74) is 3.05. The summed E-state index contributed by atoms with van der Waals surface area (Å²) >= 11 is 5.81. The molecule has 2 N–H and O–H groups in total. The number of benzene rings is 1. The van der Waals surface area contributed by atoms with Crippen LogP contribution >= 0.6 is 11.6 Å². The summed E-state index contributed by atoms with van der Waals surface area (Å²) in [5, 5.41) is 12.3. The molecule has 1 unspecified atom stereocenters. The van der Waals surface area contributed by atoms with Gasteiger partial charge in [0, 0.05) is 34.8 Å². The molecule has 0 spiro atoms. The van der Waals surface area contributed by atoms with E-state index in [1.54, 1.807) is 31.3 Å². The first kappa shape index (κ1) is 24.9. The Morgan fingerprint density at radius 1 is 1.26 bits per heavy atom. The first-order valence-corrected chi connectivity index (χ1v) is 12.0. The molecule has 3 heterocycles. The molecule has 1 aromatic carbocycles. The Balaban J connectivity index is 1.27. The zero-order valence-electron chi connectivity index (χ0n) is 19.5. The second kappa shape index (κ2) is 11.5. The van der Waals surface area contributed by atoms with Crippen molar-refractivity contribution in [2.24, 2.45) is 0 Å². The van der Waals surface area contributed by atoms with Gasteiger partial charge in [0.05, 0.1) is 17.6 Å². The number of carboxylic acids is 1. The molecule has 9 heteroatoms. The van der Waals surface area contributed by atoms with Gasteiger partial charge in [0.25, 0.3) is 0 Å². The maximum Gasteiger partial charge on any atom is 0.325 e. The second-order valence-corrected chi connectivity index (χ2v) is 9.15. The molecule has 1 aliphatic heterocycles. The van der Waals surface area contributed by atoms with Crippen molar-refractivity contribution >= 4 is 23.3 Å². The molecule has 1 atom stereocenters. The van der Waals surface area contributed by atoms with Crippen LogP contribution in [0.4, 0.5) is 10.1 Å². The van der Waals surface area contributed by atoms with Gasteiger partial charge in [0.1, 0.15) is 18.5 Å². The number of hydrogen-bond donors (Lipinski definition) is 2. The summed E-state index contributed by atoms with van der Waals surface area (Å²) in [4.78, 5) is 22.5. The van der Waals surface area contributed by atoms with Crippen molar-refractivity contribution in [1.82, 2.24) is 14.9 Å². The van der Waals surface area contributed by atoms with Crippen molar-refractivity contribution in [1.29, 1.82) is 0 Å². The number of rotatable bonds is 9. The first-order valence-electron chi connectivity index (χ1n) is 11.6. The van der Waals surface area contributed by atoms with E-state index in [-0.39, 0.29) is 6.61 Å². The molecule has 1 aliphatic rings. The van der Waals surface area contributed by atoms with Gasteiger partial charge in [-0.2, -0.15) is 0 Å². The van der Waals surface area contributed by atoms with E-state index in [4.69, 9.17) is 21.4 Å². The number of anilines is 1. The van der Waals surface area contributed by atoms with Crippen molar-refractivity contribution in [3.63, 3.8) is 0 Å². The summed E-state index contributed by atoms with van der Waals surface area (Å²) < 4.78 is 19.7. The SMILES string of the molecule is CC(Nc1ccc(CN2CCC(c3cccc(OCc4ccc(Cl)cc4F)n3)CC2)nc1)C(=O)O. The fourth-order valence-electron chi connectivity index (χ4n) is 4.06. The lowest BCUT2D eigenvalue weighted by Crippen LogP contribution is -2.33. The van der Waals surface area contributed by atoms with E-state index in [0.717, 1.165) is 43.9 Å². The lowest BCUT2D eigenvalue weighted by Gasteiger charge is -2.31. The highest BCUT2D eigenvalue weighted by Gasteiger charge is 2.22. The average Bonchev–Trinajstić information content (AvgIpc) is 2.85. The van der Waals surface area contributed by atoms with Crippen molar-refractivity contribution in [3.05, 3.63) is 82.5 Å². The number of pyridine rings is 2. The fourth-order valence-corrected chi connectivity index (χ4v) is 4.22. The lowest BCUT2D eigenvalue weighted by atomic mass is 9.93. The van der Waals surface area contributed by atoms with Gasteiger partial charge in [-0.15, -0.1) is 0 Å². The molecule has 0 saturated carbocycles. The zero-order chi connectivity index (χ0) is 24.8. The van der Waals surface area contributed by atoms with Gasteiger partial charge in [0.15, 0.2) is 0 Å². The van der Waals surface area contributed by atoms with E-state index in [9.17, 15) is 9.18 Å². The molecule has 4 rings (SSSR count). The Bertz CT molecular complexity index is 1150. The quantitative estimate of drug-likeness (QED) is 0.423. The van der Waals surface area contributed by atoms with Crippen LogP contribution in [0.5, 0.6) is 5.88 Å². The maximum absolute atomic E-state index is 14.0.